The van der Waals surface area contributed by atoms with Crippen molar-refractivity contribution < 1.29 is 9.90 Å². The van der Waals surface area contributed by atoms with Gasteiger partial charge in [-0.3, -0.25) is 4.79 Å². The molecule has 0 amide bonds. The predicted molar refractivity (Wildman–Crippen MR) is 79.0 cm³/mol. The van der Waals surface area contributed by atoms with Gasteiger partial charge in [-0.1, -0.05) is 42.1 Å². The van der Waals surface area contributed by atoms with E-state index >= 15 is 0 Å². The minimum atomic E-state index is -0.792. The lowest BCUT2D eigenvalue weighted by Crippen LogP contribution is -2.19. The van der Waals surface area contributed by atoms with Crippen LogP contribution in [0.2, 0.25) is 0 Å². The Morgan fingerprint density at radius 2 is 2.05 bits per heavy atom. The Hall–Kier alpha value is -1.33. The van der Waals surface area contributed by atoms with Crippen LogP contribution >= 0.6 is 23.1 Å². The van der Waals surface area contributed by atoms with Crippen LogP contribution < -0.4 is 0 Å². The third-order valence-corrected chi connectivity index (χ3v) is 5.14. The number of benzene rings is 1. The molecule has 1 aromatic heterocycles. The third kappa shape index (κ3) is 3.81. The number of rotatable bonds is 5. The maximum atomic E-state index is 11.4. The monoisotopic (exact) mass is 293 g/mol. The van der Waals surface area contributed by atoms with E-state index in [0.717, 1.165) is 20.5 Å². The average Bonchev–Trinajstić information content (AvgIpc) is 2.69. The average molecular weight is 293 g/mol. The number of aliphatic carboxylic acids is 1. The summed E-state index contributed by atoms with van der Waals surface area (Å²) in [6, 6.07) is 9.69. The molecule has 19 heavy (non-hydrogen) atoms. The Balaban J connectivity index is 2.10. The van der Waals surface area contributed by atoms with E-state index in [4.69, 9.17) is 0 Å². The van der Waals surface area contributed by atoms with Crippen molar-refractivity contribution in [3.63, 3.8) is 0 Å². The molecule has 1 heterocycles. The molecule has 1 unspecified atom stereocenters. The van der Waals surface area contributed by atoms with E-state index in [9.17, 15) is 9.90 Å². The van der Waals surface area contributed by atoms with E-state index in [1.165, 1.54) is 11.8 Å². The molecule has 0 spiro atoms. The first-order valence-electron chi connectivity index (χ1n) is 5.93. The zero-order valence-corrected chi connectivity index (χ0v) is 12.4. The predicted octanol–water partition coefficient (Wildman–Crippen LogP) is 3.55. The molecule has 0 aliphatic carbocycles. The Morgan fingerprint density at radius 3 is 2.58 bits per heavy atom. The van der Waals surface area contributed by atoms with E-state index in [1.54, 1.807) is 11.3 Å². The molecule has 0 saturated heterocycles. The maximum Gasteiger partial charge on any atom is 0.317 e. The normalized spacial score (nSPS) is 12.3. The quantitative estimate of drug-likeness (QED) is 0.857. The zero-order chi connectivity index (χ0) is 13.8. The highest BCUT2D eigenvalue weighted by molar-refractivity contribution is 8.02. The lowest BCUT2D eigenvalue weighted by atomic mass is 10.1. The van der Waals surface area contributed by atoms with Gasteiger partial charge in [0.15, 0.2) is 4.34 Å². The molecule has 1 N–H and O–H groups in total. The fourth-order valence-corrected chi connectivity index (χ4v) is 3.99. The van der Waals surface area contributed by atoms with Crippen molar-refractivity contribution >= 4 is 29.1 Å². The summed E-state index contributed by atoms with van der Waals surface area (Å²) in [4.78, 5) is 16.9. The molecule has 5 heteroatoms. The number of carboxylic acid groups (broad SMARTS) is 1. The van der Waals surface area contributed by atoms with Crippen LogP contribution in [0.5, 0.6) is 0 Å². The van der Waals surface area contributed by atoms with Gasteiger partial charge in [0, 0.05) is 4.88 Å². The van der Waals surface area contributed by atoms with Gasteiger partial charge in [0.1, 0.15) is 5.25 Å². The number of aryl methyl sites for hydroxylation is 2. The molecule has 0 saturated carbocycles. The first kappa shape index (κ1) is 14.1. The molecule has 0 bridgehead atoms. The number of hydrogen-bond donors (Lipinski definition) is 1. The summed E-state index contributed by atoms with van der Waals surface area (Å²) < 4.78 is 0.832. The van der Waals surface area contributed by atoms with Gasteiger partial charge >= 0.3 is 5.97 Å². The molecule has 100 valence electrons. The van der Waals surface area contributed by atoms with Gasteiger partial charge in [0.25, 0.3) is 0 Å². The van der Waals surface area contributed by atoms with Crippen molar-refractivity contribution in [2.24, 2.45) is 0 Å². The number of thiazole rings is 1. The number of carbonyl (C=O) groups is 1. The molecular weight excluding hydrogens is 278 g/mol. The molecule has 0 aliphatic rings. The van der Waals surface area contributed by atoms with Crippen molar-refractivity contribution in [3.8, 4) is 0 Å². The van der Waals surface area contributed by atoms with Crippen molar-refractivity contribution in [2.45, 2.75) is 29.9 Å². The van der Waals surface area contributed by atoms with E-state index < -0.39 is 11.2 Å². The number of aromatic nitrogens is 1. The van der Waals surface area contributed by atoms with Gasteiger partial charge in [-0.25, -0.2) is 4.98 Å². The molecule has 0 radical (unpaired) electrons. The van der Waals surface area contributed by atoms with Crippen molar-refractivity contribution in [1.29, 1.82) is 0 Å². The smallest absolute Gasteiger partial charge is 0.317 e. The molecule has 3 nitrogen and oxygen atoms in total. The van der Waals surface area contributed by atoms with Gasteiger partial charge < -0.3 is 5.11 Å². The fraction of sp³-hybridized carbons (Fsp3) is 0.286. The summed E-state index contributed by atoms with van der Waals surface area (Å²) in [5.74, 6) is -0.792. The first-order valence-corrected chi connectivity index (χ1v) is 7.63. The second-order valence-corrected chi connectivity index (χ2v) is 6.91. The third-order valence-electron chi connectivity index (χ3n) is 2.79. The van der Waals surface area contributed by atoms with Gasteiger partial charge in [-0.15, -0.1) is 11.3 Å². The second-order valence-electron chi connectivity index (χ2n) is 4.26. The van der Waals surface area contributed by atoms with Gasteiger partial charge in [0.2, 0.25) is 0 Å². The lowest BCUT2D eigenvalue weighted by molar-refractivity contribution is -0.136. The summed E-state index contributed by atoms with van der Waals surface area (Å²) in [6.45, 7) is 3.95. The van der Waals surface area contributed by atoms with E-state index in [0.29, 0.717) is 6.42 Å². The van der Waals surface area contributed by atoms with Gasteiger partial charge in [-0.2, -0.15) is 0 Å². The molecule has 2 aromatic rings. The molecule has 2 rings (SSSR count). The van der Waals surface area contributed by atoms with Crippen LogP contribution in [0.15, 0.2) is 34.7 Å². The summed E-state index contributed by atoms with van der Waals surface area (Å²) in [7, 11) is 0. The lowest BCUT2D eigenvalue weighted by Gasteiger charge is -2.10. The Labute approximate surface area is 120 Å². The van der Waals surface area contributed by atoms with Crippen molar-refractivity contribution in [1.82, 2.24) is 4.98 Å². The molecular formula is C14H15NO2S2. The number of carboxylic acids is 1. The van der Waals surface area contributed by atoms with Gasteiger partial charge in [0.05, 0.1) is 5.69 Å². The van der Waals surface area contributed by atoms with Crippen LogP contribution in [-0.2, 0) is 11.2 Å². The summed E-state index contributed by atoms with van der Waals surface area (Å²) in [5.41, 5.74) is 2.02. The number of thioether (sulfide) groups is 1. The van der Waals surface area contributed by atoms with E-state index in [2.05, 4.69) is 4.98 Å². The number of hydrogen-bond acceptors (Lipinski definition) is 4. The topological polar surface area (TPSA) is 50.2 Å². The largest absolute Gasteiger partial charge is 0.480 e. The Morgan fingerprint density at radius 1 is 1.37 bits per heavy atom. The zero-order valence-electron chi connectivity index (χ0n) is 10.8. The highest BCUT2D eigenvalue weighted by atomic mass is 32.2. The van der Waals surface area contributed by atoms with E-state index in [-0.39, 0.29) is 0 Å². The summed E-state index contributed by atoms with van der Waals surface area (Å²) >= 11 is 2.89. The van der Waals surface area contributed by atoms with Gasteiger partial charge in [-0.05, 0) is 25.8 Å². The van der Waals surface area contributed by atoms with Crippen LogP contribution in [0.25, 0.3) is 0 Å². The van der Waals surface area contributed by atoms with Crippen LogP contribution in [0.3, 0.4) is 0 Å². The minimum Gasteiger partial charge on any atom is -0.480 e. The molecule has 1 aromatic carbocycles. The van der Waals surface area contributed by atoms with Crippen LogP contribution in [-0.4, -0.2) is 21.3 Å². The van der Waals surface area contributed by atoms with Crippen LogP contribution in [0.1, 0.15) is 16.1 Å². The van der Waals surface area contributed by atoms with Crippen molar-refractivity contribution in [2.75, 3.05) is 0 Å². The Bertz CT molecular complexity index is 547. The standard InChI is InChI=1S/C14H15NO2S2/c1-9-10(2)18-14(15-9)19-12(13(16)17)8-11-6-4-3-5-7-11/h3-7,12H,8H2,1-2H3,(H,16,17). The van der Waals surface area contributed by atoms with Crippen LogP contribution in [0, 0.1) is 13.8 Å². The Kier molecular flexibility index (Phi) is 4.61. The van der Waals surface area contributed by atoms with Crippen molar-refractivity contribution in [3.05, 3.63) is 46.5 Å². The SMILES string of the molecule is Cc1nc(SC(Cc2ccccc2)C(=O)O)sc1C. The maximum absolute atomic E-state index is 11.4. The van der Waals surface area contributed by atoms with E-state index in [1.807, 2.05) is 44.2 Å². The number of nitrogens with zero attached hydrogens (tertiary/aromatic N) is 1. The second kappa shape index (κ2) is 6.21. The highest BCUT2D eigenvalue weighted by Gasteiger charge is 2.21. The fourth-order valence-electron chi connectivity index (χ4n) is 1.62. The first-order chi connectivity index (χ1) is 9.06. The highest BCUT2D eigenvalue weighted by Crippen LogP contribution is 2.31. The summed E-state index contributed by atoms with van der Waals surface area (Å²) in [5, 5.41) is 8.83. The molecule has 0 fully saturated rings. The van der Waals surface area contributed by atoms with Crippen LogP contribution in [0.4, 0.5) is 0 Å². The molecule has 1 atom stereocenters. The molecule has 0 aliphatic heterocycles. The summed E-state index contributed by atoms with van der Waals surface area (Å²) in [6.07, 6.45) is 0.512. The minimum absolute atomic E-state index is 0.493.